The van der Waals surface area contributed by atoms with Gasteiger partial charge in [0.15, 0.2) is 5.82 Å². The number of nitrogens with zero attached hydrogens (tertiary/aromatic N) is 2. The van der Waals surface area contributed by atoms with Crippen LogP contribution in [0.2, 0.25) is 5.02 Å². The van der Waals surface area contributed by atoms with Crippen molar-refractivity contribution in [1.29, 1.82) is 0 Å². The Labute approximate surface area is 156 Å². The Bertz CT molecular complexity index is 903. The lowest BCUT2D eigenvalue weighted by atomic mass is 10.2. The maximum absolute atomic E-state index is 12.1. The number of hydrogen-bond donors (Lipinski definition) is 1. The van der Waals surface area contributed by atoms with Crippen molar-refractivity contribution >= 4 is 29.4 Å². The standard InChI is InChI=1S/C20H18ClN3O2/c1-26-17-10-7-15(8-11-17)9-12-19(25)22-20-18(21)14-24(23-20)13-16-5-3-2-4-6-16/h2-12,14H,13H2,1H3,(H,22,23,25)/b12-9+. The molecule has 132 valence electrons. The van der Waals surface area contributed by atoms with E-state index in [0.717, 1.165) is 16.9 Å². The molecule has 26 heavy (non-hydrogen) atoms. The van der Waals surface area contributed by atoms with Gasteiger partial charge in [-0.25, -0.2) is 0 Å². The maximum atomic E-state index is 12.1. The number of anilines is 1. The van der Waals surface area contributed by atoms with E-state index in [-0.39, 0.29) is 5.91 Å². The first-order valence-electron chi connectivity index (χ1n) is 8.04. The van der Waals surface area contributed by atoms with Gasteiger partial charge in [0.2, 0.25) is 5.91 Å². The number of amides is 1. The van der Waals surface area contributed by atoms with Gasteiger partial charge in [0, 0.05) is 12.3 Å². The molecule has 0 fully saturated rings. The fourth-order valence-corrected chi connectivity index (χ4v) is 2.58. The maximum Gasteiger partial charge on any atom is 0.249 e. The van der Waals surface area contributed by atoms with E-state index < -0.39 is 0 Å². The summed E-state index contributed by atoms with van der Waals surface area (Å²) in [5, 5.41) is 7.42. The first-order valence-corrected chi connectivity index (χ1v) is 8.42. The number of rotatable bonds is 6. The predicted molar refractivity (Wildman–Crippen MR) is 103 cm³/mol. The SMILES string of the molecule is COc1ccc(/C=C/C(=O)Nc2nn(Cc3ccccc3)cc2Cl)cc1. The summed E-state index contributed by atoms with van der Waals surface area (Å²) in [6.07, 6.45) is 4.84. The zero-order chi connectivity index (χ0) is 18.4. The molecule has 5 nitrogen and oxygen atoms in total. The van der Waals surface area contributed by atoms with Crippen molar-refractivity contribution in [3.05, 3.63) is 83.0 Å². The Morgan fingerprint density at radius 2 is 1.92 bits per heavy atom. The summed E-state index contributed by atoms with van der Waals surface area (Å²) in [7, 11) is 1.61. The van der Waals surface area contributed by atoms with Gasteiger partial charge in [-0.05, 0) is 29.3 Å². The fourth-order valence-electron chi connectivity index (χ4n) is 2.38. The molecule has 1 N–H and O–H groups in total. The molecule has 0 aliphatic heterocycles. The monoisotopic (exact) mass is 367 g/mol. The molecule has 1 aromatic heterocycles. The first-order chi connectivity index (χ1) is 12.6. The Morgan fingerprint density at radius 1 is 1.19 bits per heavy atom. The van der Waals surface area contributed by atoms with Crippen LogP contribution in [0.3, 0.4) is 0 Å². The van der Waals surface area contributed by atoms with Crippen LogP contribution in [-0.2, 0) is 11.3 Å². The first kappa shape index (κ1) is 17.8. The van der Waals surface area contributed by atoms with Gasteiger partial charge >= 0.3 is 0 Å². The smallest absolute Gasteiger partial charge is 0.249 e. The van der Waals surface area contributed by atoms with Crippen molar-refractivity contribution in [1.82, 2.24) is 9.78 Å². The molecule has 0 aliphatic rings. The van der Waals surface area contributed by atoms with E-state index in [0.29, 0.717) is 17.4 Å². The molecule has 3 aromatic rings. The summed E-state index contributed by atoms with van der Waals surface area (Å²) in [5.74, 6) is 0.807. The van der Waals surface area contributed by atoms with Crippen LogP contribution in [0.5, 0.6) is 5.75 Å². The number of carbonyl (C=O) groups is 1. The van der Waals surface area contributed by atoms with Crippen molar-refractivity contribution in [3.8, 4) is 5.75 Å². The minimum atomic E-state index is -0.298. The van der Waals surface area contributed by atoms with Gasteiger partial charge in [0.05, 0.1) is 13.7 Å². The number of carbonyl (C=O) groups excluding carboxylic acids is 1. The molecular weight excluding hydrogens is 350 g/mol. The quantitative estimate of drug-likeness (QED) is 0.663. The number of hydrogen-bond acceptors (Lipinski definition) is 3. The lowest BCUT2D eigenvalue weighted by Gasteiger charge is -2.01. The van der Waals surface area contributed by atoms with E-state index in [1.54, 1.807) is 24.1 Å². The topological polar surface area (TPSA) is 56.1 Å². The Kier molecular flexibility index (Phi) is 5.71. The van der Waals surface area contributed by atoms with E-state index >= 15 is 0 Å². The zero-order valence-electron chi connectivity index (χ0n) is 14.2. The minimum Gasteiger partial charge on any atom is -0.497 e. The van der Waals surface area contributed by atoms with Crippen LogP contribution >= 0.6 is 11.6 Å². The molecule has 0 spiro atoms. The van der Waals surface area contributed by atoms with Gasteiger partial charge < -0.3 is 10.1 Å². The van der Waals surface area contributed by atoms with Crippen LogP contribution in [-0.4, -0.2) is 22.8 Å². The summed E-state index contributed by atoms with van der Waals surface area (Å²) in [6, 6.07) is 17.3. The van der Waals surface area contributed by atoms with Gasteiger partial charge in [0.1, 0.15) is 10.8 Å². The summed E-state index contributed by atoms with van der Waals surface area (Å²) < 4.78 is 6.80. The number of methoxy groups -OCH3 is 1. The van der Waals surface area contributed by atoms with E-state index in [4.69, 9.17) is 16.3 Å². The highest BCUT2D eigenvalue weighted by atomic mass is 35.5. The molecule has 0 saturated heterocycles. The van der Waals surface area contributed by atoms with Gasteiger partial charge in [0.25, 0.3) is 0 Å². The molecule has 1 heterocycles. The molecule has 1 amide bonds. The molecule has 0 radical (unpaired) electrons. The average molecular weight is 368 g/mol. The number of benzene rings is 2. The van der Waals surface area contributed by atoms with Crippen LogP contribution in [0, 0.1) is 0 Å². The third-order valence-corrected chi connectivity index (χ3v) is 3.97. The fraction of sp³-hybridized carbons (Fsp3) is 0.100. The van der Waals surface area contributed by atoms with Crippen molar-refractivity contribution < 1.29 is 9.53 Å². The van der Waals surface area contributed by atoms with Crippen molar-refractivity contribution in [2.75, 3.05) is 12.4 Å². The normalized spacial score (nSPS) is 10.8. The lowest BCUT2D eigenvalue weighted by Crippen LogP contribution is -2.09. The van der Waals surface area contributed by atoms with Crippen molar-refractivity contribution in [3.63, 3.8) is 0 Å². The van der Waals surface area contributed by atoms with E-state index in [2.05, 4.69) is 10.4 Å². The van der Waals surface area contributed by atoms with Crippen molar-refractivity contribution in [2.24, 2.45) is 0 Å². The molecule has 0 unspecified atom stereocenters. The highest BCUT2D eigenvalue weighted by molar-refractivity contribution is 6.33. The Hall–Kier alpha value is -3.05. The van der Waals surface area contributed by atoms with Crippen LogP contribution < -0.4 is 10.1 Å². The summed E-state index contributed by atoms with van der Waals surface area (Å²) >= 11 is 6.17. The molecule has 0 aliphatic carbocycles. The lowest BCUT2D eigenvalue weighted by molar-refractivity contribution is -0.111. The highest BCUT2D eigenvalue weighted by Crippen LogP contribution is 2.20. The van der Waals surface area contributed by atoms with Gasteiger partial charge in [-0.3, -0.25) is 9.48 Å². The average Bonchev–Trinajstić information content (AvgIpc) is 3.00. The van der Waals surface area contributed by atoms with E-state index in [1.165, 1.54) is 6.08 Å². The Balaban J connectivity index is 1.62. The van der Waals surface area contributed by atoms with Crippen LogP contribution in [0.15, 0.2) is 66.9 Å². The van der Waals surface area contributed by atoms with Crippen molar-refractivity contribution in [2.45, 2.75) is 6.54 Å². The number of halogens is 1. The minimum absolute atomic E-state index is 0.298. The number of nitrogens with one attached hydrogen (secondary N) is 1. The molecule has 3 rings (SSSR count). The predicted octanol–water partition coefficient (Wildman–Crippen LogP) is 4.25. The summed E-state index contributed by atoms with van der Waals surface area (Å²) in [5.41, 5.74) is 1.99. The largest absolute Gasteiger partial charge is 0.497 e. The zero-order valence-corrected chi connectivity index (χ0v) is 15.0. The van der Waals surface area contributed by atoms with Crippen LogP contribution in [0.25, 0.3) is 6.08 Å². The molecule has 6 heteroatoms. The summed E-state index contributed by atoms with van der Waals surface area (Å²) in [6.45, 7) is 0.581. The molecule has 0 bridgehead atoms. The third kappa shape index (κ3) is 4.74. The molecular formula is C20H18ClN3O2. The van der Waals surface area contributed by atoms with Gasteiger partial charge in [-0.1, -0.05) is 54.1 Å². The molecule has 2 aromatic carbocycles. The number of aromatic nitrogens is 2. The number of ether oxygens (including phenoxy) is 1. The molecule has 0 atom stereocenters. The second-order valence-electron chi connectivity index (χ2n) is 5.60. The van der Waals surface area contributed by atoms with Crippen LogP contribution in [0.4, 0.5) is 5.82 Å². The molecule has 0 saturated carbocycles. The van der Waals surface area contributed by atoms with Gasteiger partial charge in [-0.15, -0.1) is 0 Å². The Morgan fingerprint density at radius 3 is 2.62 bits per heavy atom. The third-order valence-electron chi connectivity index (χ3n) is 3.69. The van der Waals surface area contributed by atoms with Crippen LogP contribution in [0.1, 0.15) is 11.1 Å². The highest BCUT2D eigenvalue weighted by Gasteiger charge is 2.09. The van der Waals surface area contributed by atoms with E-state index in [9.17, 15) is 4.79 Å². The second-order valence-corrected chi connectivity index (χ2v) is 6.01. The van der Waals surface area contributed by atoms with Gasteiger partial charge in [-0.2, -0.15) is 5.10 Å². The second kappa shape index (κ2) is 8.36. The van der Waals surface area contributed by atoms with E-state index in [1.807, 2.05) is 54.6 Å². The summed E-state index contributed by atoms with van der Waals surface area (Å²) in [4.78, 5) is 12.1.